The van der Waals surface area contributed by atoms with Gasteiger partial charge in [-0.05, 0) is 130 Å². The topological polar surface area (TPSA) is 3.24 Å². The minimum Gasteiger partial charge on any atom is -0.309 e. The van der Waals surface area contributed by atoms with Crippen molar-refractivity contribution in [1.29, 1.82) is 0 Å². The van der Waals surface area contributed by atoms with Gasteiger partial charge in [-0.25, -0.2) is 0 Å². The van der Waals surface area contributed by atoms with Crippen LogP contribution in [0, 0.1) is 0 Å². The molecular weight excluding hydrogens is 843 g/mol. The molecule has 0 unspecified atom stereocenters. The van der Waals surface area contributed by atoms with Gasteiger partial charge >= 0.3 is 0 Å². The number of rotatable bonds is 8. The fraction of sp³-hybridized carbons (Fsp3) is 0.0435. The fourth-order valence-corrected chi connectivity index (χ4v) is 11.6. The van der Waals surface area contributed by atoms with Crippen LogP contribution in [0.4, 0.5) is 17.1 Å². The quantitative estimate of drug-likeness (QED) is 0.147. The largest absolute Gasteiger partial charge is 0.309 e. The molecule has 1 aliphatic rings. The minimum absolute atomic E-state index is 0.213. The highest BCUT2D eigenvalue weighted by Gasteiger charge is 2.38. The van der Waals surface area contributed by atoms with Gasteiger partial charge in [0.05, 0.1) is 11.4 Å². The molecule has 0 amide bonds. The fourth-order valence-electron chi connectivity index (χ4n) is 11.6. The van der Waals surface area contributed by atoms with E-state index in [1.807, 2.05) is 0 Å². The SMILES string of the molecule is CC1(C)c2ccc(N(c3ccccc3-c3ccccc3)c3ccc(-c4cccc5cccc(-c6ccccc6)c45)c4ccccc34)cc2-c2c(-c3ccccc3-c3ccc4ccccc4c3)cccc21. The Bertz CT molecular complexity index is 3970. The van der Waals surface area contributed by atoms with E-state index < -0.39 is 0 Å². The zero-order valence-electron chi connectivity index (χ0n) is 39.3. The van der Waals surface area contributed by atoms with Crippen molar-refractivity contribution in [3.8, 4) is 66.8 Å². The Labute approximate surface area is 410 Å². The molecule has 13 rings (SSSR count). The third-order valence-corrected chi connectivity index (χ3v) is 14.9. The molecule has 0 spiro atoms. The van der Waals surface area contributed by atoms with Crippen molar-refractivity contribution in [2.75, 3.05) is 4.90 Å². The average Bonchev–Trinajstić information content (AvgIpc) is 3.66. The zero-order valence-corrected chi connectivity index (χ0v) is 39.3. The third-order valence-electron chi connectivity index (χ3n) is 14.9. The summed E-state index contributed by atoms with van der Waals surface area (Å²) in [5.74, 6) is 0. The number of fused-ring (bicyclic) bond motifs is 6. The van der Waals surface area contributed by atoms with E-state index in [2.05, 4.69) is 280 Å². The second-order valence-corrected chi connectivity index (χ2v) is 19.2. The monoisotopic (exact) mass is 891 g/mol. The van der Waals surface area contributed by atoms with Crippen LogP contribution in [0.25, 0.3) is 99.1 Å². The van der Waals surface area contributed by atoms with E-state index >= 15 is 0 Å². The molecule has 12 aromatic carbocycles. The van der Waals surface area contributed by atoms with Gasteiger partial charge in [-0.2, -0.15) is 0 Å². The highest BCUT2D eigenvalue weighted by Crippen LogP contribution is 2.55. The number of para-hydroxylation sites is 1. The summed E-state index contributed by atoms with van der Waals surface area (Å²) in [4.78, 5) is 2.52. The summed E-state index contributed by atoms with van der Waals surface area (Å²) in [5, 5.41) is 7.37. The molecule has 0 N–H and O–H groups in total. The summed E-state index contributed by atoms with van der Waals surface area (Å²) in [6, 6.07) is 96.3. The molecule has 330 valence electrons. The van der Waals surface area contributed by atoms with Crippen molar-refractivity contribution in [3.63, 3.8) is 0 Å². The molecular formula is C69H49N. The van der Waals surface area contributed by atoms with E-state index in [0.29, 0.717) is 0 Å². The molecule has 0 fully saturated rings. The van der Waals surface area contributed by atoms with Crippen LogP contribution in [-0.4, -0.2) is 0 Å². The van der Waals surface area contributed by atoms with Gasteiger partial charge in [0.1, 0.15) is 0 Å². The van der Waals surface area contributed by atoms with Gasteiger partial charge in [0, 0.05) is 22.1 Å². The minimum atomic E-state index is -0.213. The highest BCUT2D eigenvalue weighted by molar-refractivity contribution is 6.14. The molecule has 0 saturated heterocycles. The van der Waals surface area contributed by atoms with Gasteiger partial charge in [0.15, 0.2) is 0 Å². The lowest BCUT2D eigenvalue weighted by Crippen LogP contribution is -2.15. The first-order valence-corrected chi connectivity index (χ1v) is 24.4. The summed E-state index contributed by atoms with van der Waals surface area (Å²) < 4.78 is 0. The number of anilines is 3. The predicted octanol–water partition coefficient (Wildman–Crippen LogP) is 19.3. The lowest BCUT2D eigenvalue weighted by molar-refractivity contribution is 0.660. The number of hydrogen-bond donors (Lipinski definition) is 0. The van der Waals surface area contributed by atoms with Crippen molar-refractivity contribution in [1.82, 2.24) is 0 Å². The van der Waals surface area contributed by atoms with E-state index in [-0.39, 0.29) is 5.41 Å². The Morgan fingerprint density at radius 3 is 1.66 bits per heavy atom. The molecule has 0 heterocycles. The first kappa shape index (κ1) is 41.4. The molecule has 0 atom stereocenters. The Balaban J connectivity index is 1.04. The molecule has 0 aliphatic heterocycles. The van der Waals surface area contributed by atoms with Gasteiger partial charge in [-0.15, -0.1) is 0 Å². The normalized spacial score (nSPS) is 12.5. The molecule has 0 bridgehead atoms. The lowest BCUT2D eigenvalue weighted by Gasteiger charge is -2.30. The molecule has 1 nitrogen and oxygen atoms in total. The van der Waals surface area contributed by atoms with E-state index in [1.54, 1.807) is 0 Å². The van der Waals surface area contributed by atoms with Crippen LogP contribution in [0.15, 0.2) is 261 Å². The Morgan fingerprint density at radius 2 is 0.871 bits per heavy atom. The second kappa shape index (κ2) is 16.8. The van der Waals surface area contributed by atoms with Crippen LogP contribution in [0.3, 0.4) is 0 Å². The maximum absolute atomic E-state index is 2.52. The van der Waals surface area contributed by atoms with Crippen LogP contribution in [0.1, 0.15) is 25.0 Å². The number of nitrogens with zero attached hydrogens (tertiary/aromatic N) is 1. The van der Waals surface area contributed by atoms with Crippen molar-refractivity contribution >= 4 is 49.4 Å². The highest BCUT2D eigenvalue weighted by atomic mass is 15.1. The number of hydrogen-bond acceptors (Lipinski definition) is 1. The molecule has 70 heavy (non-hydrogen) atoms. The van der Waals surface area contributed by atoms with Crippen molar-refractivity contribution in [2.45, 2.75) is 19.3 Å². The lowest BCUT2D eigenvalue weighted by atomic mass is 9.81. The van der Waals surface area contributed by atoms with Crippen molar-refractivity contribution in [3.05, 3.63) is 272 Å². The van der Waals surface area contributed by atoms with E-state index in [0.717, 1.165) is 17.1 Å². The summed E-state index contributed by atoms with van der Waals surface area (Å²) in [5.41, 5.74) is 20.6. The Kier molecular flexibility index (Phi) is 9.92. The van der Waals surface area contributed by atoms with Crippen molar-refractivity contribution in [2.24, 2.45) is 0 Å². The smallest absolute Gasteiger partial charge is 0.0540 e. The summed E-state index contributed by atoms with van der Waals surface area (Å²) in [6.45, 7) is 4.78. The van der Waals surface area contributed by atoms with Crippen LogP contribution in [-0.2, 0) is 5.41 Å². The van der Waals surface area contributed by atoms with E-state index in [9.17, 15) is 0 Å². The summed E-state index contributed by atoms with van der Waals surface area (Å²) in [6.07, 6.45) is 0. The molecule has 12 aromatic rings. The summed E-state index contributed by atoms with van der Waals surface area (Å²) in [7, 11) is 0. The average molecular weight is 892 g/mol. The van der Waals surface area contributed by atoms with Crippen LogP contribution < -0.4 is 4.90 Å². The molecule has 0 aromatic heterocycles. The molecule has 1 heteroatoms. The first-order valence-electron chi connectivity index (χ1n) is 24.4. The van der Waals surface area contributed by atoms with Crippen LogP contribution >= 0.6 is 0 Å². The maximum Gasteiger partial charge on any atom is 0.0540 e. The summed E-state index contributed by atoms with van der Waals surface area (Å²) >= 11 is 0. The van der Waals surface area contributed by atoms with Gasteiger partial charge in [0.25, 0.3) is 0 Å². The zero-order chi connectivity index (χ0) is 46.8. The molecule has 1 aliphatic carbocycles. The molecule has 0 radical (unpaired) electrons. The number of benzene rings is 12. The van der Waals surface area contributed by atoms with Gasteiger partial charge in [-0.1, -0.05) is 244 Å². The standard InChI is InChI=1S/C69H49N/c1-69(2)63-42-40-52(45-62(63)68-61(35-19-36-64(68)69)56-30-12-11-28-53(56)51-39-38-46-20-9-10-25-50(46)44-51)70(65-37-16-15-29-54(65)47-21-5-3-6-22-47)66-43-41-58(57-31-13-14-32-59(57)66)60-34-18-27-49-26-17-33-55(67(49)60)48-23-7-4-8-24-48/h3-45H,1-2H3. The second-order valence-electron chi connectivity index (χ2n) is 19.2. The van der Waals surface area contributed by atoms with Crippen LogP contribution in [0.2, 0.25) is 0 Å². The predicted molar refractivity (Wildman–Crippen MR) is 298 cm³/mol. The Morgan fingerprint density at radius 1 is 0.286 bits per heavy atom. The molecule has 0 saturated carbocycles. The van der Waals surface area contributed by atoms with E-state index in [1.165, 1.54) is 110 Å². The van der Waals surface area contributed by atoms with Gasteiger partial charge in [-0.3, -0.25) is 0 Å². The van der Waals surface area contributed by atoms with E-state index in [4.69, 9.17) is 0 Å². The third kappa shape index (κ3) is 6.77. The van der Waals surface area contributed by atoms with Gasteiger partial charge in [0.2, 0.25) is 0 Å². The van der Waals surface area contributed by atoms with Crippen molar-refractivity contribution < 1.29 is 0 Å². The van der Waals surface area contributed by atoms with Crippen LogP contribution in [0.5, 0.6) is 0 Å². The first-order chi connectivity index (χ1) is 34.5. The maximum atomic E-state index is 2.52. The Hall–Kier alpha value is -8.78. The van der Waals surface area contributed by atoms with Gasteiger partial charge < -0.3 is 4.90 Å².